The molecule has 0 saturated carbocycles. The van der Waals surface area contributed by atoms with E-state index >= 15 is 0 Å². The van der Waals surface area contributed by atoms with Crippen LogP contribution in [0.1, 0.15) is 16.7 Å². The quantitative estimate of drug-likeness (QED) is 0.700. The van der Waals surface area contributed by atoms with Gasteiger partial charge in [-0.3, -0.25) is 9.59 Å². The summed E-state index contributed by atoms with van der Waals surface area (Å²) in [4.78, 5) is 25.7. The van der Waals surface area contributed by atoms with E-state index in [-0.39, 0.29) is 5.91 Å². The van der Waals surface area contributed by atoms with Gasteiger partial charge in [0.05, 0.1) is 0 Å². The molecule has 0 unspecified atom stereocenters. The Labute approximate surface area is 170 Å². The third-order valence-corrected chi connectivity index (χ3v) is 5.52. The van der Waals surface area contributed by atoms with Crippen LogP contribution in [-0.2, 0) is 30.8 Å². The van der Waals surface area contributed by atoms with Gasteiger partial charge in [0.1, 0.15) is 6.54 Å². The third kappa shape index (κ3) is 5.75. The fourth-order valence-electron chi connectivity index (χ4n) is 2.92. The van der Waals surface area contributed by atoms with Crippen molar-refractivity contribution >= 4 is 33.7 Å². The number of rotatable bonds is 7. The largest absolute Gasteiger partial charge is 0.455 e. The number of aryl methyl sites for hydroxylation is 1. The normalized spacial score (nSPS) is 13.5. The lowest BCUT2D eigenvalue weighted by Gasteiger charge is -2.17. The van der Waals surface area contributed by atoms with Crippen molar-refractivity contribution in [1.82, 2.24) is 4.72 Å². The Hall–Kier alpha value is -2.97. The number of hydrogen-bond donors (Lipinski definition) is 1. The standard InChI is InChI=1S/C21H22N2O5S/c1-16-6-8-17(9-7-16)11-13-29(26,27)22-14-21(25)28-15-20(24)23-12-10-18-4-2-3-5-19(18)23/h2-9,11,13,22H,10,12,14-15H2,1H3/b13-11+. The van der Waals surface area contributed by atoms with Gasteiger partial charge in [-0.2, -0.15) is 0 Å². The molecule has 1 heterocycles. The second-order valence-corrected chi connectivity index (χ2v) is 8.32. The lowest BCUT2D eigenvalue weighted by Crippen LogP contribution is -2.35. The number of para-hydroxylation sites is 1. The molecule has 0 bridgehead atoms. The first-order valence-electron chi connectivity index (χ1n) is 9.12. The summed E-state index contributed by atoms with van der Waals surface area (Å²) in [6, 6.07) is 14.9. The van der Waals surface area contributed by atoms with Crippen molar-refractivity contribution in [3.63, 3.8) is 0 Å². The molecule has 0 atom stereocenters. The Balaban J connectivity index is 1.46. The third-order valence-electron chi connectivity index (χ3n) is 4.48. The summed E-state index contributed by atoms with van der Waals surface area (Å²) in [6.07, 6.45) is 2.18. The van der Waals surface area contributed by atoms with Gasteiger partial charge in [-0.1, -0.05) is 48.0 Å². The number of anilines is 1. The first-order chi connectivity index (χ1) is 13.8. The minimum atomic E-state index is -3.81. The Morgan fingerprint density at radius 2 is 1.86 bits per heavy atom. The first-order valence-corrected chi connectivity index (χ1v) is 10.7. The molecule has 2 aromatic rings. The molecule has 7 nitrogen and oxygen atoms in total. The second kappa shape index (κ2) is 9.02. The average molecular weight is 414 g/mol. The van der Waals surface area contributed by atoms with Gasteiger partial charge in [0.15, 0.2) is 6.61 Å². The Kier molecular flexibility index (Phi) is 6.46. The van der Waals surface area contributed by atoms with Gasteiger partial charge in [0, 0.05) is 17.6 Å². The van der Waals surface area contributed by atoms with Crippen LogP contribution in [-0.4, -0.2) is 40.0 Å². The molecule has 2 aromatic carbocycles. The summed E-state index contributed by atoms with van der Waals surface area (Å²) in [5.41, 5.74) is 3.67. The van der Waals surface area contributed by atoms with Crippen LogP contribution in [0.5, 0.6) is 0 Å². The smallest absolute Gasteiger partial charge is 0.321 e. The molecule has 0 fully saturated rings. The summed E-state index contributed by atoms with van der Waals surface area (Å²) in [7, 11) is -3.81. The molecule has 1 aliphatic heterocycles. The maximum Gasteiger partial charge on any atom is 0.321 e. The van der Waals surface area contributed by atoms with E-state index in [1.807, 2.05) is 43.3 Å². The number of hydrogen-bond acceptors (Lipinski definition) is 5. The summed E-state index contributed by atoms with van der Waals surface area (Å²) in [6.45, 7) is 1.48. The molecule has 0 radical (unpaired) electrons. The van der Waals surface area contributed by atoms with Crippen LogP contribution in [0.15, 0.2) is 53.9 Å². The van der Waals surface area contributed by atoms with Crippen molar-refractivity contribution in [2.45, 2.75) is 13.3 Å². The van der Waals surface area contributed by atoms with E-state index in [2.05, 4.69) is 4.72 Å². The number of esters is 1. The first kappa shape index (κ1) is 20.8. The zero-order valence-electron chi connectivity index (χ0n) is 16.0. The SMILES string of the molecule is Cc1ccc(/C=C/S(=O)(=O)NCC(=O)OCC(=O)N2CCc3ccccc32)cc1. The Morgan fingerprint density at radius 3 is 2.62 bits per heavy atom. The highest BCUT2D eigenvalue weighted by Gasteiger charge is 2.24. The number of nitrogens with one attached hydrogen (secondary N) is 1. The number of carbonyl (C=O) groups is 2. The van der Waals surface area contributed by atoms with Gasteiger partial charge in [-0.25, -0.2) is 13.1 Å². The van der Waals surface area contributed by atoms with Crippen LogP contribution in [0, 0.1) is 6.92 Å². The predicted molar refractivity (Wildman–Crippen MR) is 111 cm³/mol. The van der Waals surface area contributed by atoms with Crippen LogP contribution >= 0.6 is 0 Å². The molecule has 29 heavy (non-hydrogen) atoms. The van der Waals surface area contributed by atoms with Crippen molar-refractivity contribution < 1.29 is 22.7 Å². The molecule has 0 aliphatic carbocycles. The molecule has 1 amide bonds. The molecule has 152 valence electrons. The molecular weight excluding hydrogens is 392 g/mol. The fourth-order valence-corrected chi connectivity index (χ4v) is 3.67. The molecule has 0 saturated heterocycles. The molecule has 0 aromatic heterocycles. The van der Waals surface area contributed by atoms with Crippen molar-refractivity contribution in [2.24, 2.45) is 0 Å². The number of benzene rings is 2. The lowest BCUT2D eigenvalue weighted by atomic mass is 10.2. The van der Waals surface area contributed by atoms with E-state index < -0.39 is 29.1 Å². The summed E-state index contributed by atoms with van der Waals surface area (Å²) >= 11 is 0. The number of sulfonamides is 1. The van der Waals surface area contributed by atoms with Gasteiger partial charge >= 0.3 is 5.97 Å². The maximum atomic E-state index is 12.3. The van der Waals surface area contributed by atoms with Crippen LogP contribution in [0.25, 0.3) is 6.08 Å². The number of fused-ring (bicyclic) bond motifs is 1. The van der Waals surface area contributed by atoms with Gasteiger partial charge in [-0.15, -0.1) is 0 Å². The van der Waals surface area contributed by atoms with Gasteiger partial charge in [0.25, 0.3) is 5.91 Å². The monoisotopic (exact) mass is 414 g/mol. The van der Waals surface area contributed by atoms with Crippen molar-refractivity contribution in [3.8, 4) is 0 Å². The minimum absolute atomic E-state index is 0.342. The fraction of sp³-hybridized carbons (Fsp3) is 0.238. The van der Waals surface area contributed by atoms with Crippen LogP contribution in [0.3, 0.4) is 0 Å². The Bertz CT molecular complexity index is 1030. The molecule has 1 N–H and O–H groups in total. The highest BCUT2D eigenvalue weighted by Crippen LogP contribution is 2.27. The molecule has 3 rings (SSSR count). The highest BCUT2D eigenvalue weighted by molar-refractivity contribution is 7.92. The maximum absolute atomic E-state index is 12.3. The van der Waals surface area contributed by atoms with Gasteiger partial charge in [-0.05, 0) is 36.6 Å². The van der Waals surface area contributed by atoms with Crippen molar-refractivity contribution in [1.29, 1.82) is 0 Å². The Morgan fingerprint density at radius 1 is 1.14 bits per heavy atom. The molecule has 0 spiro atoms. The predicted octanol–water partition coefficient (Wildman–Crippen LogP) is 2.02. The molecule has 8 heteroatoms. The topological polar surface area (TPSA) is 92.8 Å². The van der Waals surface area contributed by atoms with E-state index in [0.29, 0.717) is 6.54 Å². The minimum Gasteiger partial charge on any atom is -0.455 e. The summed E-state index contributed by atoms with van der Waals surface area (Å²) in [5, 5.41) is 0.983. The van der Waals surface area contributed by atoms with E-state index in [1.165, 1.54) is 6.08 Å². The van der Waals surface area contributed by atoms with E-state index in [1.54, 1.807) is 17.0 Å². The molecule has 1 aliphatic rings. The van der Waals surface area contributed by atoms with Crippen LogP contribution < -0.4 is 9.62 Å². The van der Waals surface area contributed by atoms with Crippen LogP contribution in [0.4, 0.5) is 5.69 Å². The lowest BCUT2D eigenvalue weighted by molar-refractivity contribution is -0.146. The number of nitrogens with zero attached hydrogens (tertiary/aromatic N) is 1. The van der Waals surface area contributed by atoms with E-state index in [0.717, 1.165) is 34.2 Å². The number of carbonyl (C=O) groups excluding carboxylic acids is 2. The van der Waals surface area contributed by atoms with Crippen molar-refractivity contribution in [3.05, 3.63) is 70.6 Å². The van der Waals surface area contributed by atoms with Gasteiger partial charge < -0.3 is 9.64 Å². The molecular formula is C21H22N2O5S. The summed E-state index contributed by atoms with van der Waals surface area (Å²) in [5.74, 6) is -1.16. The highest BCUT2D eigenvalue weighted by atomic mass is 32.2. The number of amides is 1. The van der Waals surface area contributed by atoms with Crippen molar-refractivity contribution in [2.75, 3.05) is 24.6 Å². The zero-order chi connectivity index (χ0) is 20.9. The van der Waals surface area contributed by atoms with Crippen LogP contribution in [0.2, 0.25) is 0 Å². The van der Waals surface area contributed by atoms with E-state index in [9.17, 15) is 18.0 Å². The van der Waals surface area contributed by atoms with Gasteiger partial charge in [0.2, 0.25) is 10.0 Å². The second-order valence-electron chi connectivity index (χ2n) is 6.66. The zero-order valence-corrected chi connectivity index (χ0v) is 16.8. The average Bonchev–Trinajstić information content (AvgIpc) is 3.14. The summed E-state index contributed by atoms with van der Waals surface area (Å²) < 4.78 is 31.0. The number of ether oxygens (including phenoxy) is 1. The van der Waals surface area contributed by atoms with E-state index in [4.69, 9.17) is 4.74 Å².